The van der Waals surface area contributed by atoms with E-state index >= 15 is 0 Å². The maximum absolute atomic E-state index is 11.1. The van der Waals surface area contributed by atoms with Gasteiger partial charge in [0.15, 0.2) is 0 Å². The molecule has 1 saturated carbocycles. The summed E-state index contributed by atoms with van der Waals surface area (Å²) in [6, 6.07) is -0.878. The lowest BCUT2D eigenvalue weighted by atomic mass is 9.98. The van der Waals surface area contributed by atoms with Crippen LogP contribution in [0.1, 0.15) is 25.7 Å². The lowest BCUT2D eigenvalue weighted by Crippen LogP contribution is -2.33. The smallest absolute Gasteiger partial charge is 0.320 e. The number of hydrogen-bond acceptors (Lipinski definition) is 3. The second-order valence-electron chi connectivity index (χ2n) is 3.24. The van der Waals surface area contributed by atoms with Crippen LogP contribution < -0.4 is 5.73 Å². The summed E-state index contributed by atoms with van der Waals surface area (Å²) < 4.78 is 0. The van der Waals surface area contributed by atoms with E-state index < -0.39 is 12.0 Å². The summed E-state index contributed by atoms with van der Waals surface area (Å²) in [5.74, 6) is -0.947. The fourth-order valence-electron chi connectivity index (χ4n) is 1.54. The molecule has 1 aliphatic rings. The van der Waals surface area contributed by atoms with Crippen LogP contribution in [0.4, 0.5) is 0 Å². The van der Waals surface area contributed by atoms with Crippen LogP contribution in [0.25, 0.3) is 0 Å². The third kappa shape index (κ3) is 3.32. The lowest BCUT2D eigenvalue weighted by molar-refractivity contribution is -0.139. The van der Waals surface area contributed by atoms with Crippen LogP contribution in [0.2, 0.25) is 0 Å². The number of rotatable bonds is 3. The molecule has 0 aliphatic heterocycles. The molecule has 0 bridgehead atoms. The van der Waals surface area contributed by atoms with Gasteiger partial charge in [-0.2, -0.15) is 0 Å². The van der Waals surface area contributed by atoms with E-state index in [1.165, 1.54) is 0 Å². The Hall–Kier alpha value is -0.610. The lowest BCUT2D eigenvalue weighted by Gasteiger charge is -2.10. The van der Waals surface area contributed by atoms with E-state index in [0.717, 1.165) is 12.8 Å². The van der Waals surface area contributed by atoms with Gasteiger partial charge in [0.2, 0.25) is 0 Å². The van der Waals surface area contributed by atoms with Gasteiger partial charge in [-0.25, -0.2) is 0 Å². The second-order valence-corrected chi connectivity index (χ2v) is 3.24. The van der Waals surface area contributed by atoms with Crippen molar-refractivity contribution in [3.8, 4) is 0 Å². The minimum Gasteiger partial charge on any atom is -0.480 e. The number of hydrogen-bond donors (Lipinski definition) is 2. The predicted octanol–water partition coefficient (Wildman–Crippen LogP) is 0.579. The summed E-state index contributed by atoms with van der Waals surface area (Å²) in [5, 5.41) is 8.49. The van der Waals surface area contributed by atoms with Crippen LogP contribution in [0.3, 0.4) is 0 Å². The molecule has 0 radical (unpaired) electrons. The highest BCUT2D eigenvalue weighted by Crippen LogP contribution is 2.24. The Labute approximate surface area is 82.9 Å². The first-order valence-electron chi connectivity index (χ1n) is 4.12. The summed E-state index contributed by atoms with van der Waals surface area (Å²) in [7, 11) is 0. The monoisotopic (exact) mass is 207 g/mol. The molecule has 2 unspecified atom stereocenters. The number of carboxylic acids is 1. The van der Waals surface area contributed by atoms with E-state index in [1.54, 1.807) is 0 Å². The standard InChI is InChI=1S/C8H13NO3.ClH/c9-6(8(11)12)4-5-2-1-3-7(5)10;/h5-6H,1-4,9H2,(H,11,12);1H. The van der Waals surface area contributed by atoms with Gasteiger partial charge in [0.1, 0.15) is 11.8 Å². The zero-order chi connectivity index (χ0) is 9.14. The van der Waals surface area contributed by atoms with Crippen molar-refractivity contribution < 1.29 is 14.7 Å². The van der Waals surface area contributed by atoms with Crippen molar-refractivity contribution >= 4 is 24.2 Å². The normalized spacial score (nSPS) is 23.8. The number of Topliss-reactive ketones (excluding diaryl/α,β-unsaturated/α-hetero) is 1. The zero-order valence-electron chi connectivity index (χ0n) is 7.23. The van der Waals surface area contributed by atoms with Crippen molar-refractivity contribution in [2.24, 2.45) is 11.7 Å². The van der Waals surface area contributed by atoms with Gasteiger partial charge in [-0.3, -0.25) is 9.59 Å². The molecule has 13 heavy (non-hydrogen) atoms. The first-order valence-corrected chi connectivity index (χ1v) is 4.12. The molecule has 0 saturated heterocycles. The fourth-order valence-corrected chi connectivity index (χ4v) is 1.54. The SMILES string of the molecule is Cl.NC(CC1CCCC1=O)C(=O)O. The van der Waals surface area contributed by atoms with Crippen molar-refractivity contribution in [3.05, 3.63) is 0 Å². The van der Waals surface area contributed by atoms with Gasteiger partial charge in [0.05, 0.1) is 0 Å². The Kier molecular flexibility index (Phi) is 4.95. The molecule has 5 heteroatoms. The number of nitrogens with two attached hydrogens (primary N) is 1. The van der Waals surface area contributed by atoms with Gasteiger partial charge in [-0.05, 0) is 19.3 Å². The molecule has 0 aromatic carbocycles. The topological polar surface area (TPSA) is 80.4 Å². The summed E-state index contributed by atoms with van der Waals surface area (Å²) in [6.07, 6.45) is 2.58. The molecular formula is C8H14ClNO3. The van der Waals surface area contributed by atoms with E-state index in [-0.39, 0.29) is 24.1 Å². The van der Waals surface area contributed by atoms with Crippen LogP contribution in [0.5, 0.6) is 0 Å². The molecule has 0 aromatic rings. The molecule has 0 spiro atoms. The van der Waals surface area contributed by atoms with Crippen LogP contribution in [0, 0.1) is 5.92 Å². The minimum atomic E-state index is -1.02. The van der Waals surface area contributed by atoms with E-state index in [0.29, 0.717) is 12.8 Å². The number of ketones is 1. The highest BCUT2D eigenvalue weighted by atomic mass is 35.5. The molecule has 1 aliphatic carbocycles. The minimum absolute atomic E-state index is 0. The fraction of sp³-hybridized carbons (Fsp3) is 0.750. The molecular weight excluding hydrogens is 194 g/mol. The number of halogens is 1. The Bertz CT molecular complexity index is 208. The van der Waals surface area contributed by atoms with E-state index in [1.807, 2.05) is 0 Å². The Morgan fingerprint density at radius 1 is 1.69 bits per heavy atom. The van der Waals surface area contributed by atoms with Crippen molar-refractivity contribution in [1.29, 1.82) is 0 Å². The van der Waals surface area contributed by atoms with Gasteiger partial charge >= 0.3 is 5.97 Å². The summed E-state index contributed by atoms with van der Waals surface area (Å²) in [6.45, 7) is 0. The number of aliphatic carboxylic acids is 1. The highest BCUT2D eigenvalue weighted by molar-refractivity contribution is 5.85. The van der Waals surface area contributed by atoms with Gasteiger partial charge in [0.25, 0.3) is 0 Å². The quantitative estimate of drug-likeness (QED) is 0.710. The van der Waals surface area contributed by atoms with Gasteiger partial charge in [-0.1, -0.05) is 0 Å². The molecule has 1 fully saturated rings. The van der Waals surface area contributed by atoms with E-state index in [2.05, 4.69) is 0 Å². The largest absolute Gasteiger partial charge is 0.480 e. The second kappa shape index (κ2) is 5.19. The maximum Gasteiger partial charge on any atom is 0.320 e. The first kappa shape index (κ1) is 12.4. The molecule has 3 N–H and O–H groups in total. The summed E-state index contributed by atoms with van der Waals surface area (Å²) in [4.78, 5) is 21.4. The molecule has 1 rings (SSSR count). The van der Waals surface area contributed by atoms with E-state index in [9.17, 15) is 9.59 Å². The number of carboxylic acid groups (broad SMARTS) is 1. The number of carbonyl (C=O) groups excluding carboxylic acids is 1. The van der Waals surface area contributed by atoms with Crippen molar-refractivity contribution in [3.63, 3.8) is 0 Å². The first-order chi connectivity index (χ1) is 5.61. The van der Waals surface area contributed by atoms with Gasteiger partial charge < -0.3 is 10.8 Å². The van der Waals surface area contributed by atoms with Crippen LogP contribution >= 0.6 is 12.4 Å². The number of carbonyl (C=O) groups is 2. The third-order valence-electron chi connectivity index (χ3n) is 2.29. The van der Waals surface area contributed by atoms with Crippen LogP contribution in [0.15, 0.2) is 0 Å². The van der Waals surface area contributed by atoms with Crippen molar-refractivity contribution in [2.75, 3.05) is 0 Å². The molecule has 2 atom stereocenters. The van der Waals surface area contributed by atoms with Crippen LogP contribution in [-0.2, 0) is 9.59 Å². The Morgan fingerprint density at radius 2 is 2.31 bits per heavy atom. The molecule has 76 valence electrons. The van der Waals surface area contributed by atoms with Crippen molar-refractivity contribution in [1.82, 2.24) is 0 Å². The Balaban J connectivity index is 0.00000144. The molecule has 0 amide bonds. The van der Waals surface area contributed by atoms with Gasteiger partial charge in [0, 0.05) is 12.3 Å². The molecule has 0 aromatic heterocycles. The average Bonchev–Trinajstić information content (AvgIpc) is 2.36. The van der Waals surface area contributed by atoms with Crippen LogP contribution in [-0.4, -0.2) is 22.9 Å². The Morgan fingerprint density at radius 3 is 2.69 bits per heavy atom. The summed E-state index contributed by atoms with van der Waals surface area (Å²) in [5.41, 5.74) is 5.31. The zero-order valence-corrected chi connectivity index (χ0v) is 8.05. The van der Waals surface area contributed by atoms with Gasteiger partial charge in [-0.15, -0.1) is 12.4 Å². The molecule has 4 nitrogen and oxygen atoms in total. The third-order valence-corrected chi connectivity index (χ3v) is 2.29. The van der Waals surface area contributed by atoms with Crippen molar-refractivity contribution in [2.45, 2.75) is 31.7 Å². The predicted molar refractivity (Wildman–Crippen MR) is 49.8 cm³/mol. The highest BCUT2D eigenvalue weighted by Gasteiger charge is 2.28. The maximum atomic E-state index is 11.1. The molecule has 0 heterocycles. The van der Waals surface area contributed by atoms with E-state index in [4.69, 9.17) is 10.8 Å². The average molecular weight is 208 g/mol. The summed E-state index contributed by atoms with van der Waals surface area (Å²) >= 11 is 0.